The first-order chi connectivity index (χ1) is 16.9. The van der Waals surface area contributed by atoms with Crippen molar-refractivity contribution >= 4 is 40.4 Å². The van der Waals surface area contributed by atoms with Crippen LogP contribution in [0.5, 0.6) is 5.75 Å². The van der Waals surface area contributed by atoms with Crippen LogP contribution < -0.4 is 15.6 Å². The first-order valence-electron chi connectivity index (χ1n) is 11.4. The van der Waals surface area contributed by atoms with E-state index in [-0.39, 0.29) is 17.5 Å². The number of nitrogens with zero attached hydrogens (tertiary/aromatic N) is 3. The summed E-state index contributed by atoms with van der Waals surface area (Å²) in [6.45, 7) is 7.40. The molecule has 4 rings (SSSR count). The molecule has 0 bridgehead atoms. The van der Waals surface area contributed by atoms with Gasteiger partial charge in [-0.15, -0.1) is 22.7 Å². The van der Waals surface area contributed by atoms with Crippen molar-refractivity contribution < 1.29 is 19.1 Å². The second-order valence-corrected chi connectivity index (χ2v) is 10.2. The van der Waals surface area contributed by atoms with Crippen LogP contribution in [-0.2, 0) is 0 Å². The van der Waals surface area contributed by atoms with Crippen LogP contribution in [-0.4, -0.2) is 52.3 Å². The van der Waals surface area contributed by atoms with E-state index in [9.17, 15) is 14.4 Å². The number of piperidine rings is 1. The number of benzene rings is 1. The Hall–Kier alpha value is -3.31. The fraction of sp³-hybridized carbons (Fsp3) is 0.375. The number of rotatable bonds is 6. The van der Waals surface area contributed by atoms with E-state index in [4.69, 9.17) is 4.74 Å². The molecule has 3 heterocycles. The van der Waals surface area contributed by atoms with Gasteiger partial charge in [-0.05, 0) is 51.8 Å². The number of hydrogen-bond acceptors (Lipinski definition) is 8. The Morgan fingerprint density at radius 2 is 1.86 bits per heavy atom. The number of hydrogen-bond donors (Lipinski definition) is 2. The summed E-state index contributed by atoms with van der Waals surface area (Å²) in [4.78, 5) is 49.1. The number of thiazole rings is 2. The van der Waals surface area contributed by atoms with Gasteiger partial charge in [0.25, 0.3) is 17.7 Å². The third kappa shape index (κ3) is 5.85. The molecule has 1 saturated heterocycles. The fourth-order valence-electron chi connectivity index (χ4n) is 3.93. The van der Waals surface area contributed by atoms with Gasteiger partial charge in [0.05, 0.1) is 22.3 Å². The smallest absolute Gasteiger partial charge is 0.289 e. The van der Waals surface area contributed by atoms with Crippen molar-refractivity contribution in [1.82, 2.24) is 25.7 Å². The average Bonchev–Trinajstić information content (AvgIpc) is 3.49. The molecule has 3 aromatic rings. The largest absolute Gasteiger partial charge is 0.494 e. The molecule has 1 aliphatic rings. The quantitative estimate of drug-likeness (QED) is 0.486. The molecule has 1 aliphatic heterocycles. The molecular weight excluding hydrogens is 486 g/mol. The zero-order chi connectivity index (χ0) is 24.9. The molecule has 1 aromatic carbocycles. The molecule has 2 aromatic heterocycles. The number of ether oxygens (including phenoxy) is 1. The lowest BCUT2D eigenvalue weighted by molar-refractivity contribution is 0.0716. The number of carbonyl (C=O) groups excluding carboxylic acids is 3. The van der Waals surface area contributed by atoms with Crippen molar-refractivity contribution in [2.45, 2.75) is 39.5 Å². The Morgan fingerprint density at radius 3 is 2.54 bits per heavy atom. The van der Waals surface area contributed by atoms with E-state index >= 15 is 0 Å². The van der Waals surface area contributed by atoms with Gasteiger partial charge in [0, 0.05) is 30.0 Å². The highest BCUT2D eigenvalue weighted by molar-refractivity contribution is 7.13. The van der Waals surface area contributed by atoms with Gasteiger partial charge >= 0.3 is 0 Å². The zero-order valence-corrected chi connectivity index (χ0v) is 21.4. The molecule has 35 heavy (non-hydrogen) atoms. The van der Waals surface area contributed by atoms with Gasteiger partial charge in [-0.1, -0.05) is 6.07 Å². The summed E-state index contributed by atoms with van der Waals surface area (Å²) in [6.07, 6.45) is 1.56. The minimum absolute atomic E-state index is 0.0355. The van der Waals surface area contributed by atoms with E-state index in [1.807, 2.05) is 25.7 Å². The van der Waals surface area contributed by atoms with E-state index in [1.165, 1.54) is 22.7 Å². The molecule has 9 nitrogen and oxygen atoms in total. The monoisotopic (exact) mass is 513 g/mol. The number of likely N-dealkylation sites (tertiary alicyclic amines) is 1. The van der Waals surface area contributed by atoms with Crippen LogP contribution in [0.1, 0.15) is 71.9 Å². The molecule has 11 heteroatoms. The molecule has 184 valence electrons. The van der Waals surface area contributed by atoms with Crippen molar-refractivity contribution in [3.63, 3.8) is 0 Å². The van der Waals surface area contributed by atoms with E-state index < -0.39 is 11.8 Å². The summed E-state index contributed by atoms with van der Waals surface area (Å²) in [5.74, 6) is -0.121. The SMILES string of the molecule is CCOc1cccc(C(=O)NNC(=O)c2csc(C3CCN(C(=O)c4sc(C)nc4C)CC3)n2)c1. The maximum Gasteiger partial charge on any atom is 0.289 e. The third-order valence-electron chi connectivity index (χ3n) is 5.68. The van der Waals surface area contributed by atoms with Crippen molar-refractivity contribution in [3.05, 3.63) is 61.5 Å². The molecule has 0 unspecified atom stereocenters. The van der Waals surface area contributed by atoms with Gasteiger partial charge in [-0.25, -0.2) is 9.97 Å². The summed E-state index contributed by atoms with van der Waals surface area (Å²) >= 11 is 2.86. The van der Waals surface area contributed by atoms with Crippen molar-refractivity contribution in [1.29, 1.82) is 0 Å². The zero-order valence-electron chi connectivity index (χ0n) is 19.8. The molecule has 0 atom stereocenters. The highest BCUT2D eigenvalue weighted by Crippen LogP contribution is 2.31. The topological polar surface area (TPSA) is 114 Å². The van der Waals surface area contributed by atoms with Gasteiger partial charge < -0.3 is 9.64 Å². The molecule has 0 aliphatic carbocycles. The minimum Gasteiger partial charge on any atom is -0.494 e. The predicted molar refractivity (Wildman–Crippen MR) is 134 cm³/mol. The first-order valence-corrected chi connectivity index (χ1v) is 13.1. The minimum atomic E-state index is -0.481. The molecule has 1 fully saturated rings. The Morgan fingerprint density at radius 1 is 1.11 bits per heavy atom. The molecule has 0 radical (unpaired) electrons. The van der Waals surface area contributed by atoms with Crippen molar-refractivity contribution in [2.75, 3.05) is 19.7 Å². The molecule has 2 N–H and O–H groups in total. The average molecular weight is 514 g/mol. The van der Waals surface area contributed by atoms with Crippen LogP contribution in [0.4, 0.5) is 0 Å². The lowest BCUT2D eigenvalue weighted by Gasteiger charge is -2.30. The maximum atomic E-state index is 12.8. The van der Waals surface area contributed by atoms with Crippen LogP contribution >= 0.6 is 22.7 Å². The van der Waals surface area contributed by atoms with E-state index in [0.717, 1.165) is 28.6 Å². The molecule has 0 spiro atoms. The third-order valence-corrected chi connectivity index (χ3v) is 7.75. The second-order valence-electron chi connectivity index (χ2n) is 8.15. The lowest BCUT2D eigenvalue weighted by atomic mass is 9.97. The van der Waals surface area contributed by atoms with Gasteiger partial charge in [-0.2, -0.15) is 0 Å². The van der Waals surface area contributed by atoms with Crippen LogP contribution in [0.2, 0.25) is 0 Å². The van der Waals surface area contributed by atoms with Gasteiger partial charge in [-0.3, -0.25) is 25.2 Å². The van der Waals surface area contributed by atoms with Crippen LogP contribution in [0.25, 0.3) is 0 Å². The summed E-state index contributed by atoms with van der Waals surface area (Å²) in [5, 5.41) is 3.44. The van der Waals surface area contributed by atoms with Crippen LogP contribution in [0, 0.1) is 13.8 Å². The van der Waals surface area contributed by atoms with E-state index in [2.05, 4.69) is 20.8 Å². The van der Waals surface area contributed by atoms with Gasteiger partial charge in [0.1, 0.15) is 16.3 Å². The molecule has 3 amide bonds. The number of nitrogens with one attached hydrogen (secondary N) is 2. The first kappa shape index (κ1) is 24.8. The van der Waals surface area contributed by atoms with Gasteiger partial charge in [0.2, 0.25) is 0 Å². The maximum absolute atomic E-state index is 12.8. The summed E-state index contributed by atoms with van der Waals surface area (Å²) in [5.41, 5.74) is 6.25. The van der Waals surface area contributed by atoms with Crippen LogP contribution in [0.15, 0.2) is 29.6 Å². The predicted octanol–water partition coefficient (Wildman–Crippen LogP) is 3.71. The highest BCUT2D eigenvalue weighted by atomic mass is 32.1. The van der Waals surface area contributed by atoms with Crippen molar-refractivity contribution in [3.8, 4) is 5.75 Å². The highest BCUT2D eigenvalue weighted by Gasteiger charge is 2.28. The Kier molecular flexibility index (Phi) is 7.76. The Labute approximate surface area is 211 Å². The fourth-order valence-corrected chi connectivity index (χ4v) is 5.78. The number of aryl methyl sites for hydroxylation is 2. The number of carbonyl (C=O) groups is 3. The van der Waals surface area contributed by atoms with E-state index in [1.54, 1.807) is 29.6 Å². The molecule has 0 saturated carbocycles. The lowest BCUT2D eigenvalue weighted by Crippen LogP contribution is -2.41. The Balaban J connectivity index is 1.29. The number of amides is 3. The summed E-state index contributed by atoms with van der Waals surface area (Å²) in [6, 6.07) is 6.73. The number of aromatic nitrogens is 2. The number of hydrazine groups is 1. The Bertz CT molecular complexity index is 1230. The normalized spacial score (nSPS) is 14.0. The van der Waals surface area contributed by atoms with Crippen molar-refractivity contribution in [2.24, 2.45) is 0 Å². The standard InChI is InChI=1S/C24H27N5O4S2/c1-4-33-18-7-5-6-17(12-18)21(30)27-28-22(31)19-13-34-23(26-19)16-8-10-29(11-9-16)24(32)20-14(2)25-15(3)35-20/h5-7,12-13,16H,4,8-11H2,1-3H3,(H,27,30)(H,28,31). The van der Waals surface area contributed by atoms with E-state index in [0.29, 0.717) is 35.9 Å². The van der Waals surface area contributed by atoms with Gasteiger partial charge in [0.15, 0.2) is 0 Å². The summed E-state index contributed by atoms with van der Waals surface area (Å²) in [7, 11) is 0. The summed E-state index contributed by atoms with van der Waals surface area (Å²) < 4.78 is 5.40. The molecular formula is C24H27N5O4S2. The second kappa shape index (κ2) is 11.0. The van der Waals surface area contributed by atoms with Crippen LogP contribution in [0.3, 0.4) is 0 Å².